The Morgan fingerprint density at radius 3 is 3.16 bits per heavy atom. The number of rotatable bonds is 2. The molecule has 4 rings (SSSR count). The van der Waals surface area contributed by atoms with E-state index in [9.17, 15) is 0 Å². The van der Waals surface area contributed by atoms with Crippen LogP contribution in [0.25, 0.3) is 11.0 Å². The summed E-state index contributed by atoms with van der Waals surface area (Å²) in [6.45, 7) is 1.88. The molecule has 0 amide bonds. The molecule has 0 bridgehead atoms. The van der Waals surface area contributed by atoms with E-state index in [-0.39, 0.29) is 0 Å². The minimum atomic E-state index is 0.367. The van der Waals surface area contributed by atoms with Gasteiger partial charge in [0.15, 0.2) is 0 Å². The summed E-state index contributed by atoms with van der Waals surface area (Å²) in [5.74, 6) is 0.994. The van der Waals surface area contributed by atoms with Crippen LogP contribution in [-0.4, -0.2) is 42.8 Å². The summed E-state index contributed by atoms with van der Waals surface area (Å²) in [6.07, 6.45) is 7.92. The third-order valence-corrected chi connectivity index (χ3v) is 3.61. The number of aromatic amines is 1. The van der Waals surface area contributed by atoms with Crippen molar-refractivity contribution >= 4 is 16.9 Å². The Labute approximate surface area is 109 Å². The molecule has 19 heavy (non-hydrogen) atoms. The van der Waals surface area contributed by atoms with Crippen LogP contribution in [0.2, 0.25) is 0 Å². The van der Waals surface area contributed by atoms with Crippen LogP contribution in [0.5, 0.6) is 0 Å². The second-order valence-corrected chi connectivity index (χ2v) is 4.70. The van der Waals surface area contributed by atoms with Crippen molar-refractivity contribution in [1.82, 2.24) is 29.7 Å². The largest absolute Gasteiger partial charge is 0.354 e. The highest BCUT2D eigenvalue weighted by Gasteiger charge is 2.26. The summed E-state index contributed by atoms with van der Waals surface area (Å²) < 4.78 is 1.93. The predicted molar refractivity (Wildman–Crippen MR) is 69.8 cm³/mol. The summed E-state index contributed by atoms with van der Waals surface area (Å²) in [4.78, 5) is 18.1. The molecule has 3 aromatic rings. The maximum Gasteiger partial charge on any atom is 0.142 e. The van der Waals surface area contributed by atoms with Crippen molar-refractivity contribution in [2.45, 2.75) is 12.5 Å². The van der Waals surface area contributed by atoms with Crippen LogP contribution in [0.15, 0.2) is 31.2 Å². The van der Waals surface area contributed by atoms with Gasteiger partial charge in [0.1, 0.15) is 30.4 Å². The van der Waals surface area contributed by atoms with Gasteiger partial charge >= 0.3 is 0 Å². The Kier molecular flexibility index (Phi) is 2.23. The summed E-state index contributed by atoms with van der Waals surface area (Å²) in [6, 6.07) is 2.39. The monoisotopic (exact) mass is 255 g/mol. The van der Waals surface area contributed by atoms with E-state index in [4.69, 9.17) is 0 Å². The highest BCUT2D eigenvalue weighted by atomic mass is 15.4. The standard InChI is InChI=1S/C12H13N7/c1-3-14-11-10(1)12(16-7-15-11)18-4-2-9(5-18)19-8-13-6-17-19/h1,3,6-9H,2,4-5H2,(H,14,15,16)/t9-/m1/s1. The number of anilines is 1. The Morgan fingerprint density at radius 1 is 1.26 bits per heavy atom. The Hall–Kier alpha value is -2.44. The predicted octanol–water partition coefficient (Wildman–Crippen LogP) is 1.00. The molecule has 1 N–H and O–H groups in total. The molecule has 1 fully saturated rings. The van der Waals surface area contributed by atoms with Gasteiger partial charge in [-0.1, -0.05) is 0 Å². The molecule has 1 aliphatic heterocycles. The highest BCUT2D eigenvalue weighted by molar-refractivity contribution is 5.87. The van der Waals surface area contributed by atoms with Gasteiger partial charge in [-0.15, -0.1) is 0 Å². The van der Waals surface area contributed by atoms with Crippen molar-refractivity contribution < 1.29 is 0 Å². The molecule has 0 spiro atoms. The number of H-pyrrole nitrogens is 1. The average Bonchev–Trinajstić information content (AvgIpc) is 3.18. The maximum absolute atomic E-state index is 4.43. The molecular formula is C12H13N7. The van der Waals surface area contributed by atoms with Gasteiger partial charge in [-0.2, -0.15) is 5.10 Å². The van der Waals surface area contributed by atoms with E-state index in [2.05, 4.69) is 29.9 Å². The fourth-order valence-electron chi connectivity index (χ4n) is 2.67. The van der Waals surface area contributed by atoms with E-state index in [0.717, 1.165) is 36.4 Å². The molecule has 7 nitrogen and oxygen atoms in total. The number of hydrogen-bond donors (Lipinski definition) is 1. The van der Waals surface area contributed by atoms with Gasteiger partial charge in [0.25, 0.3) is 0 Å². The number of nitrogens with one attached hydrogen (secondary N) is 1. The minimum absolute atomic E-state index is 0.367. The van der Waals surface area contributed by atoms with Gasteiger partial charge in [0, 0.05) is 19.3 Å². The van der Waals surface area contributed by atoms with Crippen LogP contribution in [0.3, 0.4) is 0 Å². The molecule has 4 heterocycles. The van der Waals surface area contributed by atoms with Crippen molar-refractivity contribution in [1.29, 1.82) is 0 Å². The SMILES string of the molecule is c1nc(N2CC[C@@H](n3cncn3)C2)c2cc[nH]c2n1. The third kappa shape index (κ3) is 1.66. The van der Waals surface area contributed by atoms with E-state index >= 15 is 0 Å². The van der Waals surface area contributed by atoms with Gasteiger partial charge in [0.2, 0.25) is 0 Å². The van der Waals surface area contributed by atoms with Crippen molar-refractivity contribution in [3.8, 4) is 0 Å². The number of aromatic nitrogens is 6. The van der Waals surface area contributed by atoms with Crippen molar-refractivity contribution in [2.75, 3.05) is 18.0 Å². The van der Waals surface area contributed by atoms with Gasteiger partial charge in [-0.3, -0.25) is 0 Å². The van der Waals surface area contributed by atoms with Gasteiger partial charge in [-0.05, 0) is 12.5 Å². The van der Waals surface area contributed by atoms with Crippen molar-refractivity contribution in [3.05, 3.63) is 31.2 Å². The molecule has 96 valence electrons. The van der Waals surface area contributed by atoms with Crippen LogP contribution >= 0.6 is 0 Å². The molecular weight excluding hydrogens is 242 g/mol. The lowest BCUT2D eigenvalue weighted by Gasteiger charge is -2.17. The van der Waals surface area contributed by atoms with E-state index < -0.39 is 0 Å². The number of hydrogen-bond acceptors (Lipinski definition) is 5. The molecule has 0 aliphatic carbocycles. The fraction of sp³-hybridized carbons (Fsp3) is 0.333. The van der Waals surface area contributed by atoms with Crippen LogP contribution in [0.4, 0.5) is 5.82 Å². The van der Waals surface area contributed by atoms with Crippen molar-refractivity contribution in [3.63, 3.8) is 0 Å². The first kappa shape index (κ1) is 10.5. The summed E-state index contributed by atoms with van der Waals surface area (Å²) >= 11 is 0. The number of fused-ring (bicyclic) bond motifs is 1. The normalized spacial score (nSPS) is 19.4. The van der Waals surface area contributed by atoms with Crippen LogP contribution < -0.4 is 4.90 Å². The third-order valence-electron chi connectivity index (χ3n) is 3.61. The summed E-state index contributed by atoms with van der Waals surface area (Å²) in [5, 5.41) is 5.29. The molecule has 7 heteroatoms. The topological polar surface area (TPSA) is 75.5 Å². The first-order valence-electron chi connectivity index (χ1n) is 6.29. The van der Waals surface area contributed by atoms with Gasteiger partial charge in [0.05, 0.1) is 11.4 Å². The van der Waals surface area contributed by atoms with E-state index in [0.29, 0.717) is 6.04 Å². The zero-order valence-electron chi connectivity index (χ0n) is 10.3. The molecule has 3 aromatic heterocycles. The molecule has 1 aliphatic rings. The lowest BCUT2D eigenvalue weighted by Crippen LogP contribution is -2.22. The highest BCUT2D eigenvalue weighted by Crippen LogP contribution is 2.29. The quantitative estimate of drug-likeness (QED) is 0.739. The van der Waals surface area contributed by atoms with Crippen LogP contribution in [0, 0.1) is 0 Å². The first-order valence-corrected chi connectivity index (χ1v) is 6.29. The van der Waals surface area contributed by atoms with Gasteiger partial charge < -0.3 is 9.88 Å². The Bertz CT molecular complexity index is 687. The van der Waals surface area contributed by atoms with E-state index in [1.54, 1.807) is 19.0 Å². The Balaban J connectivity index is 1.66. The molecule has 0 unspecified atom stereocenters. The average molecular weight is 255 g/mol. The fourth-order valence-corrected chi connectivity index (χ4v) is 2.67. The summed E-state index contributed by atoms with van der Waals surface area (Å²) in [5.41, 5.74) is 0.884. The van der Waals surface area contributed by atoms with Crippen molar-refractivity contribution in [2.24, 2.45) is 0 Å². The second kappa shape index (κ2) is 4.04. The molecule has 0 aromatic carbocycles. The minimum Gasteiger partial charge on any atom is -0.354 e. The van der Waals surface area contributed by atoms with E-state index in [1.165, 1.54) is 0 Å². The van der Waals surface area contributed by atoms with Gasteiger partial charge in [-0.25, -0.2) is 19.6 Å². The maximum atomic E-state index is 4.43. The Morgan fingerprint density at radius 2 is 2.26 bits per heavy atom. The van der Waals surface area contributed by atoms with Crippen LogP contribution in [-0.2, 0) is 0 Å². The summed E-state index contributed by atoms with van der Waals surface area (Å²) in [7, 11) is 0. The molecule has 0 radical (unpaired) electrons. The lowest BCUT2D eigenvalue weighted by atomic mass is 10.3. The zero-order valence-corrected chi connectivity index (χ0v) is 10.3. The number of nitrogens with zero attached hydrogens (tertiary/aromatic N) is 6. The zero-order chi connectivity index (χ0) is 12.7. The van der Waals surface area contributed by atoms with Crippen LogP contribution in [0.1, 0.15) is 12.5 Å². The molecule has 1 saturated heterocycles. The van der Waals surface area contributed by atoms with E-state index in [1.807, 2.05) is 16.9 Å². The first-order chi connectivity index (χ1) is 9.42. The molecule has 1 atom stereocenters. The second-order valence-electron chi connectivity index (χ2n) is 4.70. The lowest BCUT2D eigenvalue weighted by molar-refractivity contribution is 0.493. The molecule has 0 saturated carbocycles. The smallest absolute Gasteiger partial charge is 0.142 e.